The standard InChI is InChI=1S/C19H34N8O/c20-17(21)16-8-6-15(7-9-16)14-28-13-12-27-19(24)26-11-5-3-1-2-4-10-25-18(22)23/h6-9H,1-5,10-14H2,(H3,20,21)(H4,22,23,25)(H3,24,26,27). The normalized spacial score (nSPS) is 11.2. The van der Waals surface area contributed by atoms with E-state index < -0.39 is 0 Å². The minimum Gasteiger partial charge on any atom is -0.384 e. The second-order valence-electron chi connectivity index (χ2n) is 6.43. The summed E-state index contributed by atoms with van der Waals surface area (Å²) in [5.41, 5.74) is 23.5. The van der Waals surface area contributed by atoms with Crippen LogP contribution >= 0.6 is 0 Å². The van der Waals surface area contributed by atoms with E-state index in [2.05, 4.69) is 15.3 Å². The minimum atomic E-state index is 0.0641. The van der Waals surface area contributed by atoms with Gasteiger partial charge in [0.05, 0.1) is 13.2 Å². The van der Waals surface area contributed by atoms with Crippen LogP contribution in [0.15, 0.2) is 34.3 Å². The Balaban J connectivity index is 2.00. The minimum absolute atomic E-state index is 0.0641. The quantitative estimate of drug-likeness (QED) is 0.154. The topological polar surface area (TPSA) is 174 Å². The van der Waals surface area contributed by atoms with Crippen LogP contribution in [0.2, 0.25) is 0 Å². The molecule has 156 valence electrons. The van der Waals surface area contributed by atoms with Gasteiger partial charge in [-0.3, -0.25) is 15.4 Å². The van der Waals surface area contributed by atoms with Gasteiger partial charge in [0.25, 0.3) is 0 Å². The lowest BCUT2D eigenvalue weighted by Crippen LogP contribution is -2.34. The summed E-state index contributed by atoms with van der Waals surface area (Å²) in [4.78, 5) is 8.26. The molecule has 0 amide bonds. The molecule has 0 aliphatic carbocycles. The van der Waals surface area contributed by atoms with Gasteiger partial charge in [-0.05, 0) is 18.4 Å². The second kappa shape index (κ2) is 14.3. The predicted octanol–water partition coefficient (Wildman–Crippen LogP) is 0.615. The average Bonchev–Trinajstić information content (AvgIpc) is 2.66. The Kier molecular flexibility index (Phi) is 11.8. The van der Waals surface area contributed by atoms with E-state index in [1.54, 1.807) is 0 Å². The highest BCUT2D eigenvalue weighted by Gasteiger charge is 1.98. The highest BCUT2D eigenvalue weighted by Crippen LogP contribution is 2.05. The van der Waals surface area contributed by atoms with Gasteiger partial charge in [0, 0.05) is 25.2 Å². The van der Waals surface area contributed by atoms with Crippen molar-refractivity contribution in [3.8, 4) is 0 Å². The van der Waals surface area contributed by atoms with Crippen LogP contribution in [0, 0.1) is 5.41 Å². The highest BCUT2D eigenvalue weighted by molar-refractivity contribution is 5.94. The van der Waals surface area contributed by atoms with Crippen molar-refractivity contribution in [3.05, 3.63) is 35.4 Å². The molecule has 0 fully saturated rings. The van der Waals surface area contributed by atoms with Gasteiger partial charge < -0.3 is 33.0 Å². The third-order valence-corrected chi connectivity index (χ3v) is 3.98. The van der Waals surface area contributed by atoms with E-state index in [1.807, 2.05) is 24.3 Å². The van der Waals surface area contributed by atoms with E-state index in [1.165, 1.54) is 0 Å². The van der Waals surface area contributed by atoms with Gasteiger partial charge in [-0.2, -0.15) is 0 Å². The van der Waals surface area contributed by atoms with Gasteiger partial charge in [0.1, 0.15) is 5.84 Å². The Labute approximate surface area is 167 Å². The fourth-order valence-electron chi connectivity index (χ4n) is 2.44. The van der Waals surface area contributed by atoms with Crippen LogP contribution in [0.4, 0.5) is 0 Å². The SMILES string of the molecule is N=C(N)c1ccc(COCCNC(N)=NCCCCCCCN=C(N)N)cc1. The summed E-state index contributed by atoms with van der Waals surface area (Å²) >= 11 is 0. The molecule has 0 radical (unpaired) electrons. The van der Waals surface area contributed by atoms with E-state index in [0.29, 0.717) is 37.8 Å². The number of nitrogens with two attached hydrogens (primary N) is 4. The molecule has 0 bridgehead atoms. The molecule has 0 saturated carbocycles. The molecular formula is C19H34N8O. The number of ether oxygens (including phenoxy) is 1. The van der Waals surface area contributed by atoms with Crippen molar-refractivity contribution in [2.24, 2.45) is 32.9 Å². The first-order chi connectivity index (χ1) is 13.5. The van der Waals surface area contributed by atoms with E-state index in [0.717, 1.165) is 44.2 Å². The zero-order chi connectivity index (χ0) is 20.6. The molecule has 9 nitrogen and oxygen atoms in total. The lowest BCUT2D eigenvalue weighted by atomic mass is 10.1. The first-order valence-electron chi connectivity index (χ1n) is 9.59. The van der Waals surface area contributed by atoms with Crippen molar-refractivity contribution < 1.29 is 4.74 Å². The summed E-state index contributed by atoms with van der Waals surface area (Å²) in [7, 11) is 0. The lowest BCUT2D eigenvalue weighted by molar-refractivity contribution is 0.125. The van der Waals surface area contributed by atoms with Gasteiger partial charge in [0.15, 0.2) is 11.9 Å². The Morgan fingerprint density at radius 2 is 1.50 bits per heavy atom. The molecule has 28 heavy (non-hydrogen) atoms. The molecule has 10 N–H and O–H groups in total. The zero-order valence-corrected chi connectivity index (χ0v) is 16.5. The Bertz CT molecular complexity index is 623. The van der Waals surface area contributed by atoms with E-state index >= 15 is 0 Å². The molecule has 1 aromatic carbocycles. The van der Waals surface area contributed by atoms with Gasteiger partial charge in [-0.15, -0.1) is 0 Å². The van der Waals surface area contributed by atoms with Crippen LogP contribution in [0.1, 0.15) is 43.2 Å². The number of guanidine groups is 2. The van der Waals surface area contributed by atoms with Crippen LogP contribution in [0.3, 0.4) is 0 Å². The van der Waals surface area contributed by atoms with Crippen LogP contribution in [-0.2, 0) is 11.3 Å². The first-order valence-corrected chi connectivity index (χ1v) is 9.59. The molecule has 0 spiro atoms. The summed E-state index contributed by atoms with van der Waals surface area (Å²) in [6.45, 7) is 3.05. The molecular weight excluding hydrogens is 356 g/mol. The number of benzene rings is 1. The van der Waals surface area contributed by atoms with Crippen LogP contribution in [-0.4, -0.2) is 44.0 Å². The maximum atomic E-state index is 7.36. The number of rotatable bonds is 14. The molecule has 0 aliphatic rings. The number of hydrogen-bond donors (Lipinski definition) is 6. The monoisotopic (exact) mass is 390 g/mol. The lowest BCUT2D eigenvalue weighted by Gasteiger charge is -2.07. The Morgan fingerprint density at radius 1 is 0.893 bits per heavy atom. The van der Waals surface area contributed by atoms with Gasteiger partial charge in [0.2, 0.25) is 0 Å². The molecule has 1 aromatic rings. The molecule has 0 unspecified atom stereocenters. The fraction of sp³-hybridized carbons (Fsp3) is 0.526. The smallest absolute Gasteiger partial charge is 0.188 e. The van der Waals surface area contributed by atoms with Crippen LogP contribution < -0.4 is 28.3 Å². The average molecular weight is 391 g/mol. The second-order valence-corrected chi connectivity index (χ2v) is 6.43. The summed E-state index contributed by atoms with van der Waals surface area (Å²) in [6, 6.07) is 7.43. The number of unbranched alkanes of at least 4 members (excludes halogenated alkanes) is 4. The summed E-state index contributed by atoms with van der Waals surface area (Å²) in [5.74, 6) is 0.669. The van der Waals surface area contributed by atoms with Crippen molar-refractivity contribution in [1.82, 2.24) is 5.32 Å². The van der Waals surface area contributed by atoms with Crippen molar-refractivity contribution in [1.29, 1.82) is 5.41 Å². The summed E-state index contributed by atoms with van der Waals surface area (Å²) in [6.07, 6.45) is 5.39. The van der Waals surface area contributed by atoms with E-state index in [4.69, 9.17) is 33.1 Å². The predicted molar refractivity (Wildman–Crippen MR) is 115 cm³/mol. The number of nitrogen functional groups attached to an aromatic ring is 1. The number of nitrogens with one attached hydrogen (secondary N) is 2. The van der Waals surface area contributed by atoms with Crippen LogP contribution in [0.5, 0.6) is 0 Å². The van der Waals surface area contributed by atoms with Crippen molar-refractivity contribution in [2.75, 3.05) is 26.2 Å². The van der Waals surface area contributed by atoms with Crippen molar-refractivity contribution in [2.45, 2.75) is 38.7 Å². The maximum Gasteiger partial charge on any atom is 0.188 e. The number of nitrogens with zero attached hydrogens (tertiary/aromatic N) is 2. The molecule has 0 aromatic heterocycles. The van der Waals surface area contributed by atoms with Gasteiger partial charge in [-0.1, -0.05) is 43.5 Å². The fourth-order valence-corrected chi connectivity index (χ4v) is 2.44. The largest absolute Gasteiger partial charge is 0.384 e. The molecule has 0 aliphatic heterocycles. The third-order valence-electron chi connectivity index (χ3n) is 3.98. The number of amidine groups is 1. The maximum absolute atomic E-state index is 7.36. The van der Waals surface area contributed by atoms with Gasteiger partial charge in [-0.25, -0.2) is 0 Å². The van der Waals surface area contributed by atoms with Crippen molar-refractivity contribution in [3.63, 3.8) is 0 Å². The molecule has 0 heterocycles. The molecule has 9 heteroatoms. The van der Waals surface area contributed by atoms with Gasteiger partial charge >= 0.3 is 0 Å². The molecule has 0 saturated heterocycles. The number of aliphatic imine (C=N–C) groups is 2. The van der Waals surface area contributed by atoms with Crippen molar-refractivity contribution >= 4 is 17.8 Å². The number of hydrogen-bond acceptors (Lipinski definition) is 4. The summed E-state index contributed by atoms with van der Waals surface area (Å²) < 4.78 is 5.59. The first kappa shape index (κ1) is 23.2. The van der Waals surface area contributed by atoms with E-state index in [-0.39, 0.29) is 11.8 Å². The Hall–Kier alpha value is -2.81. The van der Waals surface area contributed by atoms with E-state index in [9.17, 15) is 0 Å². The molecule has 1 rings (SSSR count). The zero-order valence-electron chi connectivity index (χ0n) is 16.5. The molecule has 0 atom stereocenters. The highest BCUT2D eigenvalue weighted by atomic mass is 16.5. The van der Waals surface area contributed by atoms with Crippen LogP contribution in [0.25, 0.3) is 0 Å². The summed E-state index contributed by atoms with van der Waals surface area (Å²) in [5, 5.41) is 10.4. The Morgan fingerprint density at radius 3 is 2.11 bits per heavy atom. The third kappa shape index (κ3) is 11.7.